The van der Waals surface area contributed by atoms with Crippen LogP contribution in [0.5, 0.6) is 0 Å². The normalized spacial score (nSPS) is 30.6. The molecule has 1 aromatic rings. The Labute approximate surface area is 97.4 Å². The predicted molar refractivity (Wildman–Crippen MR) is 63.9 cm³/mol. The van der Waals surface area contributed by atoms with Crippen LogP contribution in [0.3, 0.4) is 0 Å². The Morgan fingerprint density at radius 1 is 1.50 bits per heavy atom. The molecule has 2 rings (SSSR count). The molecule has 1 aliphatic rings. The largest absolute Gasteiger partial charge is 0.306 e. The van der Waals surface area contributed by atoms with Crippen LogP contribution in [-0.4, -0.2) is 20.5 Å². The van der Waals surface area contributed by atoms with Crippen LogP contribution in [0, 0.1) is 5.92 Å². The van der Waals surface area contributed by atoms with Gasteiger partial charge in [-0.15, -0.1) is 5.10 Å². The molecule has 0 unspecified atom stereocenters. The summed E-state index contributed by atoms with van der Waals surface area (Å²) in [5, 5.41) is 11.5. The van der Waals surface area contributed by atoms with Gasteiger partial charge in [-0.3, -0.25) is 4.68 Å². The quantitative estimate of drug-likeness (QED) is 0.849. The fourth-order valence-electron chi connectivity index (χ4n) is 2.35. The summed E-state index contributed by atoms with van der Waals surface area (Å²) in [4.78, 5) is 0. The number of aryl methyl sites for hydroxylation is 1. The second kappa shape index (κ2) is 4.53. The van der Waals surface area contributed by atoms with Gasteiger partial charge >= 0.3 is 0 Å². The van der Waals surface area contributed by atoms with Crippen molar-refractivity contribution in [3.8, 4) is 0 Å². The van der Waals surface area contributed by atoms with Crippen LogP contribution in [-0.2, 0) is 13.6 Å². The summed E-state index contributed by atoms with van der Waals surface area (Å²) >= 11 is 0. The molecular weight excluding hydrogens is 200 g/mol. The molecule has 4 heteroatoms. The fraction of sp³-hybridized carbons (Fsp3) is 0.833. The summed E-state index contributed by atoms with van der Waals surface area (Å²) in [6.07, 6.45) is 7.07. The van der Waals surface area contributed by atoms with E-state index in [2.05, 4.69) is 29.5 Å². The van der Waals surface area contributed by atoms with Crippen LogP contribution in [0.25, 0.3) is 0 Å². The second-order valence-electron chi connectivity index (χ2n) is 5.45. The number of aromatic nitrogens is 3. The SMILES string of the molecule is CC1CCC(C)(NCc2cnnn2C)CC1. The molecule has 16 heavy (non-hydrogen) atoms. The third-order valence-corrected chi connectivity index (χ3v) is 3.88. The molecule has 0 amide bonds. The topological polar surface area (TPSA) is 42.7 Å². The maximum absolute atomic E-state index is 3.94. The number of rotatable bonds is 3. The number of hydrogen-bond donors (Lipinski definition) is 1. The number of nitrogens with zero attached hydrogens (tertiary/aromatic N) is 3. The molecular formula is C12H22N4. The third-order valence-electron chi connectivity index (χ3n) is 3.88. The first-order valence-corrected chi connectivity index (χ1v) is 6.18. The second-order valence-corrected chi connectivity index (χ2v) is 5.45. The van der Waals surface area contributed by atoms with E-state index < -0.39 is 0 Å². The average Bonchev–Trinajstić information content (AvgIpc) is 2.67. The van der Waals surface area contributed by atoms with Gasteiger partial charge in [0.25, 0.3) is 0 Å². The first kappa shape index (κ1) is 11.6. The van der Waals surface area contributed by atoms with Crippen LogP contribution in [0.2, 0.25) is 0 Å². The molecule has 0 atom stereocenters. The molecule has 1 saturated carbocycles. The van der Waals surface area contributed by atoms with Gasteiger partial charge in [-0.2, -0.15) is 0 Å². The van der Waals surface area contributed by atoms with E-state index in [0.717, 1.165) is 18.2 Å². The van der Waals surface area contributed by atoms with E-state index in [-0.39, 0.29) is 0 Å². The van der Waals surface area contributed by atoms with E-state index in [4.69, 9.17) is 0 Å². The van der Waals surface area contributed by atoms with Crippen LogP contribution in [0.1, 0.15) is 45.2 Å². The molecule has 0 bridgehead atoms. The van der Waals surface area contributed by atoms with E-state index in [9.17, 15) is 0 Å². The van der Waals surface area contributed by atoms with Crippen molar-refractivity contribution < 1.29 is 0 Å². The molecule has 4 nitrogen and oxygen atoms in total. The lowest BCUT2D eigenvalue weighted by Crippen LogP contribution is -2.44. The maximum Gasteiger partial charge on any atom is 0.0738 e. The molecule has 1 aliphatic carbocycles. The summed E-state index contributed by atoms with van der Waals surface area (Å²) in [6, 6.07) is 0. The van der Waals surface area contributed by atoms with Crippen molar-refractivity contribution in [3.05, 3.63) is 11.9 Å². The summed E-state index contributed by atoms with van der Waals surface area (Å²) in [7, 11) is 1.94. The molecule has 0 saturated heterocycles. The zero-order valence-electron chi connectivity index (χ0n) is 10.5. The standard InChI is InChI=1S/C12H22N4/c1-10-4-6-12(2,7-5-10)13-8-11-9-14-15-16(11)3/h9-10,13H,4-8H2,1-3H3. The van der Waals surface area contributed by atoms with E-state index in [1.807, 2.05) is 17.9 Å². The van der Waals surface area contributed by atoms with Gasteiger partial charge in [-0.05, 0) is 38.5 Å². The Balaban J connectivity index is 1.88. The third kappa shape index (κ3) is 2.61. The Morgan fingerprint density at radius 2 is 2.19 bits per heavy atom. The van der Waals surface area contributed by atoms with Gasteiger partial charge in [-0.1, -0.05) is 12.1 Å². The van der Waals surface area contributed by atoms with Crippen molar-refractivity contribution >= 4 is 0 Å². The van der Waals surface area contributed by atoms with Crippen molar-refractivity contribution in [2.45, 2.75) is 51.6 Å². The molecule has 90 valence electrons. The Morgan fingerprint density at radius 3 is 2.75 bits per heavy atom. The van der Waals surface area contributed by atoms with E-state index >= 15 is 0 Å². The van der Waals surface area contributed by atoms with E-state index in [0.29, 0.717) is 5.54 Å². The highest BCUT2D eigenvalue weighted by Gasteiger charge is 2.28. The Kier molecular flexibility index (Phi) is 3.28. The van der Waals surface area contributed by atoms with Gasteiger partial charge in [-0.25, -0.2) is 0 Å². The van der Waals surface area contributed by atoms with Crippen LogP contribution in [0.15, 0.2) is 6.20 Å². The van der Waals surface area contributed by atoms with Crippen LogP contribution < -0.4 is 5.32 Å². The van der Waals surface area contributed by atoms with E-state index in [1.165, 1.54) is 25.7 Å². The van der Waals surface area contributed by atoms with Gasteiger partial charge in [0.05, 0.1) is 11.9 Å². The lowest BCUT2D eigenvalue weighted by Gasteiger charge is -2.37. The van der Waals surface area contributed by atoms with Crippen molar-refractivity contribution in [1.82, 2.24) is 20.3 Å². The molecule has 0 aromatic carbocycles. The van der Waals surface area contributed by atoms with Crippen molar-refractivity contribution in [3.63, 3.8) is 0 Å². The van der Waals surface area contributed by atoms with Crippen molar-refractivity contribution in [2.24, 2.45) is 13.0 Å². The Bertz CT molecular complexity index is 337. The molecule has 0 aliphatic heterocycles. The van der Waals surface area contributed by atoms with Gasteiger partial charge < -0.3 is 5.32 Å². The van der Waals surface area contributed by atoms with Gasteiger partial charge in [0.1, 0.15) is 0 Å². The average molecular weight is 222 g/mol. The molecule has 0 radical (unpaired) electrons. The lowest BCUT2D eigenvalue weighted by atomic mass is 9.78. The predicted octanol–water partition coefficient (Wildman–Crippen LogP) is 1.87. The fourth-order valence-corrected chi connectivity index (χ4v) is 2.35. The highest BCUT2D eigenvalue weighted by molar-refractivity contribution is 4.96. The number of hydrogen-bond acceptors (Lipinski definition) is 3. The molecule has 1 N–H and O–H groups in total. The minimum atomic E-state index is 0.302. The van der Waals surface area contributed by atoms with Crippen molar-refractivity contribution in [1.29, 1.82) is 0 Å². The molecule has 0 spiro atoms. The van der Waals surface area contributed by atoms with Crippen LogP contribution in [0.4, 0.5) is 0 Å². The monoisotopic (exact) mass is 222 g/mol. The molecule has 1 heterocycles. The van der Waals surface area contributed by atoms with Crippen molar-refractivity contribution in [2.75, 3.05) is 0 Å². The van der Waals surface area contributed by atoms with E-state index in [1.54, 1.807) is 0 Å². The minimum Gasteiger partial charge on any atom is -0.306 e. The first-order valence-electron chi connectivity index (χ1n) is 6.18. The minimum absolute atomic E-state index is 0.302. The molecule has 1 fully saturated rings. The molecule has 1 aromatic heterocycles. The highest BCUT2D eigenvalue weighted by atomic mass is 15.4. The summed E-state index contributed by atoms with van der Waals surface area (Å²) < 4.78 is 1.84. The highest BCUT2D eigenvalue weighted by Crippen LogP contribution is 2.31. The lowest BCUT2D eigenvalue weighted by molar-refractivity contribution is 0.211. The zero-order valence-corrected chi connectivity index (χ0v) is 10.5. The number of nitrogens with one attached hydrogen (secondary N) is 1. The maximum atomic E-state index is 3.94. The summed E-state index contributed by atoms with van der Waals surface area (Å²) in [5.74, 6) is 0.897. The summed E-state index contributed by atoms with van der Waals surface area (Å²) in [6.45, 7) is 5.56. The summed E-state index contributed by atoms with van der Waals surface area (Å²) in [5.41, 5.74) is 1.45. The first-order chi connectivity index (χ1) is 7.59. The van der Waals surface area contributed by atoms with Crippen LogP contribution >= 0.6 is 0 Å². The zero-order chi connectivity index (χ0) is 11.6. The van der Waals surface area contributed by atoms with Gasteiger partial charge in [0.15, 0.2) is 0 Å². The van der Waals surface area contributed by atoms with Gasteiger partial charge in [0, 0.05) is 19.1 Å². The van der Waals surface area contributed by atoms with Gasteiger partial charge in [0.2, 0.25) is 0 Å². The smallest absolute Gasteiger partial charge is 0.0738 e. The Hall–Kier alpha value is -0.900.